The Morgan fingerprint density at radius 2 is 2.47 bits per heavy atom. The van der Waals surface area contributed by atoms with Crippen LogP contribution in [0.4, 0.5) is 5.82 Å². The molecule has 1 aliphatic rings. The molecule has 1 aromatic rings. The summed E-state index contributed by atoms with van der Waals surface area (Å²) in [5.74, 6) is 1.82. The molecule has 0 aliphatic carbocycles. The maximum atomic E-state index is 5.60. The van der Waals surface area contributed by atoms with Gasteiger partial charge in [0.25, 0.3) is 0 Å². The first-order valence-electron chi connectivity index (χ1n) is 5.80. The van der Waals surface area contributed by atoms with Gasteiger partial charge < -0.3 is 10.1 Å². The van der Waals surface area contributed by atoms with Gasteiger partial charge in [0.1, 0.15) is 17.2 Å². The predicted octanol–water partition coefficient (Wildman–Crippen LogP) is 2.94. The first kappa shape index (κ1) is 13.1. The summed E-state index contributed by atoms with van der Waals surface area (Å²) in [5.41, 5.74) is 0. The van der Waals surface area contributed by atoms with Gasteiger partial charge in [0.05, 0.1) is 10.6 Å². The normalized spacial score (nSPS) is 19.5. The Kier molecular flexibility index (Phi) is 5.06. The molecule has 0 spiro atoms. The van der Waals surface area contributed by atoms with E-state index in [4.69, 9.17) is 4.74 Å². The molecule has 0 saturated carbocycles. The lowest BCUT2D eigenvalue weighted by atomic mass is 10.3. The van der Waals surface area contributed by atoms with Gasteiger partial charge in [-0.25, -0.2) is 9.97 Å². The summed E-state index contributed by atoms with van der Waals surface area (Å²) >= 11 is 5.26. The summed E-state index contributed by atoms with van der Waals surface area (Å²) in [7, 11) is 0. The summed E-state index contributed by atoms with van der Waals surface area (Å²) < 4.78 is 6.55. The van der Waals surface area contributed by atoms with Crippen LogP contribution in [0.3, 0.4) is 0 Å². The quantitative estimate of drug-likeness (QED) is 0.668. The molecule has 94 valence electrons. The third kappa shape index (κ3) is 3.56. The molecule has 1 aromatic heterocycles. The minimum Gasteiger partial charge on any atom is -0.377 e. The van der Waals surface area contributed by atoms with Crippen molar-refractivity contribution in [2.24, 2.45) is 0 Å². The van der Waals surface area contributed by atoms with E-state index >= 15 is 0 Å². The van der Waals surface area contributed by atoms with E-state index in [1.54, 1.807) is 18.1 Å². The summed E-state index contributed by atoms with van der Waals surface area (Å²) in [6.45, 7) is 3.80. The molecule has 6 heteroatoms. The Bertz CT molecular complexity index is 372. The highest BCUT2D eigenvalue weighted by molar-refractivity contribution is 9.10. The van der Waals surface area contributed by atoms with Gasteiger partial charge in [-0.1, -0.05) is 0 Å². The molecule has 1 fully saturated rings. The molecule has 4 nitrogen and oxygen atoms in total. The molecule has 0 bridgehead atoms. The number of hydrogen-bond donors (Lipinski definition) is 1. The summed E-state index contributed by atoms with van der Waals surface area (Å²) in [6.07, 6.45) is 4.32. The molecule has 1 saturated heterocycles. The largest absolute Gasteiger partial charge is 0.377 e. The van der Waals surface area contributed by atoms with Crippen molar-refractivity contribution in [1.29, 1.82) is 0 Å². The zero-order chi connectivity index (χ0) is 12.1. The number of nitrogens with zero attached hydrogens (tertiary/aromatic N) is 2. The number of aromatic nitrogens is 2. The van der Waals surface area contributed by atoms with Crippen molar-refractivity contribution in [1.82, 2.24) is 9.97 Å². The lowest BCUT2D eigenvalue weighted by Gasteiger charge is -2.11. The number of nitrogens with one attached hydrogen (secondary N) is 1. The SMILES string of the molecule is CCNc1ncnc(SCC2CCCO2)c1Br. The molecule has 2 rings (SSSR count). The van der Waals surface area contributed by atoms with Crippen LogP contribution in [0.2, 0.25) is 0 Å². The van der Waals surface area contributed by atoms with Gasteiger partial charge in [-0.2, -0.15) is 0 Å². The van der Waals surface area contributed by atoms with E-state index in [1.165, 1.54) is 6.42 Å². The molecular formula is C11H16BrN3OS. The van der Waals surface area contributed by atoms with Crippen molar-refractivity contribution in [3.63, 3.8) is 0 Å². The van der Waals surface area contributed by atoms with E-state index in [2.05, 4.69) is 31.2 Å². The van der Waals surface area contributed by atoms with E-state index in [0.717, 1.165) is 40.6 Å². The molecule has 1 N–H and O–H groups in total. The van der Waals surface area contributed by atoms with E-state index in [1.807, 2.05) is 6.92 Å². The Hall–Kier alpha value is -0.330. The van der Waals surface area contributed by atoms with Gasteiger partial charge >= 0.3 is 0 Å². The molecule has 1 unspecified atom stereocenters. The van der Waals surface area contributed by atoms with Crippen molar-refractivity contribution in [2.45, 2.75) is 30.9 Å². The lowest BCUT2D eigenvalue weighted by Crippen LogP contribution is -2.08. The van der Waals surface area contributed by atoms with Crippen molar-refractivity contribution in [3.05, 3.63) is 10.8 Å². The fraction of sp³-hybridized carbons (Fsp3) is 0.636. The minimum atomic E-state index is 0.379. The fourth-order valence-corrected chi connectivity index (χ4v) is 3.33. The average Bonchev–Trinajstić information content (AvgIpc) is 2.83. The Balaban J connectivity index is 1.97. The van der Waals surface area contributed by atoms with Crippen LogP contribution in [0, 0.1) is 0 Å². The molecule has 0 amide bonds. The Morgan fingerprint density at radius 1 is 1.59 bits per heavy atom. The maximum Gasteiger partial charge on any atom is 0.144 e. The molecule has 2 heterocycles. The third-order valence-electron chi connectivity index (χ3n) is 2.53. The van der Waals surface area contributed by atoms with Crippen LogP contribution < -0.4 is 5.32 Å². The molecule has 0 radical (unpaired) electrons. The Labute approximate surface area is 114 Å². The van der Waals surface area contributed by atoms with Gasteiger partial charge in [0, 0.05) is 18.9 Å². The van der Waals surface area contributed by atoms with Gasteiger partial charge in [-0.15, -0.1) is 11.8 Å². The standard InChI is InChI=1S/C11H16BrN3OS/c1-2-13-10-9(12)11(15-7-14-10)17-6-8-4-3-5-16-8/h7-8H,2-6H2,1H3,(H,13,14,15). The van der Waals surface area contributed by atoms with Crippen LogP contribution in [0.25, 0.3) is 0 Å². The highest BCUT2D eigenvalue weighted by Gasteiger charge is 2.17. The average molecular weight is 318 g/mol. The van der Waals surface area contributed by atoms with Crippen molar-refractivity contribution in [2.75, 3.05) is 24.2 Å². The second-order valence-corrected chi connectivity index (χ2v) is 5.62. The van der Waals surface area contributed by atoms with E-state index < -0.39 is 0 Å². The molecule has 17 heavy (non-hydrogen) atoms. The van der Waals surface area contributed by atoms with Gasteiger partial charge in [-0.05, 0) is 35.7 Å². The number of ether oxygens (including phenoxy) is 1. The van der Waals surface area contributed by atoms with Crippen LogP contribution in [-0.4, -0.2) is 35.0 Å². The highest BCUT2D eigenvalue weighted by Crippen LogP contribution is 2.31. The van der Waals surface area contributed by atoms with Crippen LogP contribution >= 0.6 is 27.7 Å². The predicted molar refractivity (Wildman–Crippen MR) is 73.6 cm³/mol. The zero-order valence-electron chi connectivity index (χ0n) is 9.78. The number of thioether (sulfide) groups is 1. The maximum absolute atomic E-state index is 5.60. The number of halogens is 1. The topological polar surface area (TPSA) is 47.0 Å². The number of rotatable bonds is 5. The summed E-state index contributed by atoms with van der Waals surface area (Å²) in [5, 5.41) is 4.18. The molecular weight excluding hydrogens is 302 g/mol. The van der Waals surface area contributed by atoms with E-state index in [0.29, 0.717) is 6.10 Å². The van der Waals surface area contributed by atoms with Gasteiger partial charge in [0.2, 0.25) is 0 Å². The van der Waals surface area contributed by atoms with Crippen LogP contribution in [-0.2, 0) is 4.74 Å². The smallest absolute Gasteiger partial charge is 0.144 e. The second-order valence-electron chi connectivity index (χ2n) is 3.82. The van der Waals surface area contributed by atoms with Gasteiger partial charge in [-0.3, -0.25) is 0 Å². The van der Waals surface area contributed by atoms with Crippen molar-refractivity contribution >= 4 is 33.5 Å². The lowest BCUT2D eigenvalue weighted by molar-refractivity contribution is 0.129. The minimum absolute atomic E-state index is 0.379. The van der Waals surface area contributed by atoms with Crippen LogP contribution in [0.5, 0.6) is 0 Å². The second kappa shape index (κ2) is 6.56. The monoisotopic (exact) mass is 317 g/mol. The molecule has 1 aliphatic heterocycles. The molecule has 0 aromatic carbocycles. The third-order valence-corrected chi connectivity index (χ3v) is 4.67. The van der Waals surface area contributed by atoms with Crippen LogP contribution in [0.15, 0.2) is 15.8 Å². The summed E-state index contributed by atoms with van der Waals surface area (Å²) in [6, 6.07) is 0. The zero-order valence-corrected chi connectivity index (χ0v) is 12.2. The summed E-state index contributed by atoms with van der Waals surface area (Å²) in [4.78, 5) is 8.49. The van der Waals surface area contributed by atoms with Crippen molar-refractivity contribution in [3.8, 4) is 0 Å². The van der Waals surface area contributed by atoms with Crippen LogP contribution in [0.1, 0.15) is 19.8 Å². The molecule has 1 atom stereocenters. The van der Waals surface area contributed by atoms with Gasteiger partial charge in [0.15, 0.2) is 0 Å². The van der Waals surface area contributed by atoms with E-state index in [9.17, 15) is 0 Å². The van der Waals surface area contributed by atoms with E-state index in [-0.39, 0.29) is 0 Å². The highest BCUT2D eigenvalue weighted by atomic mass is 79.9. The first-order valence-corrected chi connectivity index (χ1v) is 7.58. The first-order chi connectivity index (χ1) is 8.31. The van der Waals surface area contributed by atoms with Crippen molar-refractivity contribution < 1.29 is 4.74 Å². The number of anilines is 1. The fourth-order valence-electron chi connectivity index (χ4n) is 1.69. The number of hydrogen-bond acceptors (Lipinski definition) is 5. The Morgan fingerprint density at radius 3 is 3.18 bits per heavy atom.